The first-order valence-corrected chi connectivity index (χ1v) is 28.0. The molecule has 0 saturated heterocycles. The number of nitrogens with zero attached hydrogens (tertiary/aromatic N) is 7. The Labute approximate surface area is 486 Å². The van der Waals surface area contributed by atoms with E-state index < -0.39 is 41.0 Å². The highest BCUT2D eigenvalue weighted by atomic mass is 16.5. The van der Waals surface area contributed by atoms with Crippen LogP contribution >= 0.6 is 0 Å². The number of aryl methyl sites for hydroxylation is 1. The third-order valence-corrected chi connectivity index (χ3v) is 18.7. The molecule has 25 nitrogen and oxygen atoms in total. The summed E-state index contributed by atoms with van der Waals surface area (Å²) in [6.07, 6.45) is 8.29. The molecule has 0 aliphatic heterocycles. The molecule has 3 aromatic heterocycles. The van der Waals surface area contributed by atoms with Crippen molar-refractivity contribution in [2.24, 2.45) is 34.0 Å². The zero-order chi connectivity index (χ0) is 61.1. The van der Waals surface area contributed by atoms with E-state index in [1.807, 2.05) is 43.1 Å². The van der Waals surface area contributed by atoms with Gasteiger partial charge in [0.1, 0.15) is 11.9 Å². The Kier molecular flexibility index (Phi) is 18.4. The number of carbonyl (C=O) groups excluding carboxylic acids is 1. The third-order valence-electron chi connectivity index (χ3n) is 18.7. The highest BCUT2D eigenvalue weighted by molar-refractivity contribution is 5.97. The minimum atomic E-state index is -1.30. The number of nitrogen functional groups attached to an aromatic ring is 4. The van der Waals surface area contributed by atoms with E-state index >= 15 is 0 Å². The zero-order valence-corrected chi connectivity index (χ0v) is 48.6. The summed E-state index contributed by atoms with van der Waals surface area (Å²) >= 11 is 0. The molecule has 4 aliphatic carbocycles. The molecule has 3 aromatic carbocycles. The predicted octanol–water partition coefficient (Wildman–Crippen LogP) is 5.09. The van der Waals surface area contributed by atoms with Gasteiger partial charge >= 0.3 is 11.9 Å². The van der Waals surface area contributed by atoms with Crippen LogP contribution in [0.15, 0.2) is 54.7 Å². The van der Waals surface area contributed by atoms with Crippen molar-refractivity contribution < 1.29 is 59.2 Å². The number of hydrogen-bond acceptors (Lipinski definition) is 22. The lowest BCUT2D eigenvalue weighted by atomic mass is 9.39. The summed E-state index contributed by atoms with van der Waals surface area (Å²) < 4.78 is 16.1. The van der Waals surface area contributed by atoms with Crippen LogP contribution in [0.3, 0.4) is 0 Å². The Morgan fingerprint density at radius 3 is 2.13 bits per heavy atom. The number of rotatable bonds is 17. The Hall–Kier alpha value is -8.13. The summed E-state index contributed by atoms with van der Waals surface area (Å²) in [7, 11) is 6.56. The molecule has 2 bridgehead atoms. The summed E-state index contributed by atoms with van der Waals surface area (Å²) in [5, 5.41) is 65.8. The standard InChI is InChI=1S/C20H22N8O5.C20H34O4.C19H23N5O3/c1-28(9-11-8-23-17-15(24-11)16(21)26-20(22)27-17)12-4-2-10(3-5-12)18(31)25-13(19(32)33)6-7-14(29)30;1-17(11-21)15-4-3-13-9-14-10-19(13,7-8-20(14,24)12-22)18(15,2)6-5-16(17)23;1-10-11(5-6-13-16(10)18(20)24-19(21)23-13)9-22-12-7-14(25-2)17(27-4)15(8-12)26-3/h2-5,8,13H,6-7,9H2,1H3,(H,25,31)(H,29,30)(H,32,33)(H4,21,22,23,26,27);13-16,21-24H,3-12H2,1-2H3;5-8,22H,9H2,1-4H3,(H4,20,21,23,24)/t13-;13-,14+,15-,16+,17-,18-,19-,20-;/m00./s1. The molecule has 10 rings (SSSR count). The van der Waals surface area contributed by atoms with E-state index in [1.165, 1.54) is 12.1 Å². The number of nitrogens with two attached hydrogens (primary N) is 4. The number of fused-ring (bicyclic) bond motifs is 4. The zero-order valence-electron chi connectivity index (χ0n) is 48.6. The molecule has 3 heterocycles. The molecule has 452 valence electrons. The van der Waals surface area contributed by atoms with Gasteiger partial charge in [-0.25, -0.2) is 19.7 Å². The van der Waals surface area contributed by atoms with Gasteiger partial charge in [0.05, 0.1) is 70.2 Å². The fraction of sp³-hybridized carbons (Fsp3) is 0.508. The second-order valence-electron chi connectivity index (χ2n) is 23.2. The van der Waals surface area contributed by atoms with Crippen molar-refractivity contribution >= 4 is 74.8 Å². The lowest BCUT2D eigenvalue weighted by Crippen LogP contribution is -2.63. The number of aromatic nitrogens is 6. The molecule has 84 heavy (non-hydrogen) atoms. The minimum Gasteiger partial charge on any atom is -0.493 e. The molecule has 4 aliphatic rings. The lowest BCUT2D eigenvalue weighted by Gasteiger charge is -2.66. The summed E-state index contributed by atoms with van der Waals surface area (Å²) in [6, 6.07) is 12.8. The van der Waals surface area contributed by atoms with Gasteiger partial charge in [-0.1, -0.05) is 19.9 Å². The van der Waals surface area contributed by atoms with Gasteiger partial charge in [-0.05, 0) is 135 Å². The van der Waals surface area contributed by atoms with Gasteiger partial charge in [0.15, 0.2) is 28.5 Å². The monoisotopic (exact) mass is 1160 g/mol. The molecule has 16 N–H and O–H groups in total. The van der Waals surface area contributed by atoms with Crippen LogP contribution in [0.1, 0.15) is 105 Å². The van der Waals surface area contributed by atoms with Crippen LogP contribution in [-0.2, 0) is 22.7 Å². The lowest BCUT2D eigenvalue weighted by molar-refractivity contribution is -0.216. The SMILES string of the molecule is CN(Cc1cnc2nc(N)nc(N)c2n1)c1ccc(C(=O)N[C@@H](CCC(=O)O)C(=O)O)cc1.COc1cc(NCc2ccc3nc(N)nc(N)c3c2C)cc(OC)c1OC.C[C@@]1(CO)[C@H](O)CC[C@@]2(C)[C@H]1CC[C@H]1C[C@@H]3C[C@@]12CC[C@]3(O)CO. The first-order chi connectivity index (χ1) is 39.9. The number of anilines is 6. The Bertz CT molecular complexity index is 3370. The molecular formula is C59H79N13O12. The van der Waals surface area contributed by atoms with Crippen LogP contribution in [0.4, 0.5) is 34.9 Å². The molecule has 1 amide bonds. The van der Waals surface area contributed by atoms with Gasteiger partial charge in [0.2, 0.25) is 17.6 Å². The number of amides is 1. The molecule has 0 unspecified atom stereocenters. The van der Waals surface area contributed by atoms with Crippen molar-refractivity contribution in [2.45, 2.75) is 116 Å². The molecule has 1 spiro atoms. The molecule has 0 radical (unpaired) electrons. The van der Waals surface area contributed by atoms with E-state index in [1.54, 1.807) is 39.7 Å². The van der Waals surface area contributed by atoms with Crippen LogP contribution in [0, 0.1) is 40.9 Å². The second kappa shape index (κ2) is 25.0. The maximum Gasteiger partial charge on any atom is 0.326 e. The fourth-order valence-electron chi connectivity index (χ4n) is 14.0. The maximum atomic E-state index is 12.4. The summed E-state index contributed by atoms with van der Waals surface area (Å²) in [6.45, 7) is 7.36. The van der Waals surface area contributed by atoms with Crippen molar-refractivity contribution in [3.63, 3.8) is 0 Å². The normalized spacial score (nSPS) is 25.1. The molecule has 4 fully saturated rings. The molecule has 6 aromatic rings. The minimum absolute atomic E-state index is 0.0138. The first-order valence-electron chi connectivity index (χ1n) is 28.0. The fourth-order valence-corrected chi connectivity index (χ4v) is 14.0. The number of ether oxygens (including phenoxy) is 3. The van der Waals surface area contributed by atoms with Gasteiger partial charge in [-0.2, -0.15) is 15.0 Å². The largest absolute Gasteiger partial charge is 0.493 e. The highest BCUT2D eigenvalue weighted by Gasteiger charge is 2.70. The quantitative estimate of drug-likeness (QED) is 0.0565. The number of benzene rings is 3. The predicted molar refractivity (Wildman–Crippen MR) is 316 cm³/mol. The van der Waals surface area contributed by atoms with Gasteiger partial charge in [0, 0.05) is 59.9 Å². The van der Waals surface area contributed by atoms with Crippen LogP contribution < -0.4 is 52.7 Å². The first kappa shape index (κ1) is 61.9. The van der Waals surface area contributed by atoms with E-state index in [0.29, 0.717) is 71.3 Å². The van der Waals surface area contributed by atoms with Crippen molar-refractivity contribution in [1.82, 2.24) is 35.2 Å². The smallest absolute Gasteiger partial charge is 0.326 e. The number of nitrogens with one attached hydrogen (secondary N) is 2. The number of carboxylic acid groups (broad SMARTS) is 2. The number of aliphatic hydroxyl groups excluding tert-OH is 3. The van der Waals surface area contributed by atoms with Gasteiger partial charge in [-0.3, -0.25) is 9.59 Å². The van der Waals surface area contributed by atoms with E-state index in [4.69, 9.17) is 42.3 Å². The second-order valence-corrected chi connectivity index (χ2v) is 23.2. The average Bonchev–Trinajstić information content (AvgIpc) is 1.44. The van der Waals surface area contributed by atoms with E-state index in [9.17, 15) is 39.9 Å². The van der Waals surface area contributed by atoms with Crippen molar-refractivity contribution in [3.05, 3.63) is 77.1 Å². The number of methoxy groups -OCH3 is 3. The molecule has 4 saturated carbocycles. The maximum absolute atomic E-state index is 12.4. The van der Waals surface area contributed by atoms with Crippen molar-refractivity contribution in [1.29, 1.82) is 0 Å². The number of carbonyl (C=O) groups is 3. The number of aliphatic hydroxyl groups is 4. The van der Waals surface area contributed by atoms with Crippen LogP contribution in [0.2, 0.25) is 0 Å². The summed E-state index contributed by atoms with van der Waals surface area (Å²) in [4.78, 5) is 61.0. The molecular weight excluding hydrogens is 1080 g/mol. The van der Waals surface area contributed by atoms with E-state index in [2.05, 4.69) is 54.4 Å². The molecule has 9 atom stereocenters. The topological polar surface area (TPSA) is 409 Å². The van der Waals surface area contributed by atoms with Crippen LogP contribution in [0.5, 0.6) is 17.2 Å². The number of carboxylic acids is 2. The highest BCUT2D eigenvalue weighted by Crippen LogP contribution is 2.75. The van der Waals surface area contributed by atoms with E-state index in [-0.39, 0.29) is 66.1 Å². The van der Waals surface area contributed by atoms with Gasteiger partial charge in [-0.15, -0.1) is 0 Å². The Morgan fingerprint density at radius 1 is 0.821 bits per heavy atom. The summed E-state index contributed by atoms with van der Waals surface area (Å²) in [5.74, 6) is 0.544. The van der Waals surface area contributed by atoms with Crippen molar-refractivity contribution in [2.75, 3.05) is 74.7 Å². The Balaban J connectivity index is 0.000000166. The van der Waals surface area contributed by atoms with Crippen LogP contribution in [0.25, 0.3) is 22.1 Å². The summed E-state index contributed by atoms with van der Waals surface area (Å²) in [5.41, 5.74) is 28.1. The van der Waals surface area contributed by atoms with Gasteiger partial charge in [0.25, 0.3) is 5.91 Å². The number of hydrogen-bond donors (Lipinski definition) is 12. The van der Waals surface area contributed by atoms with Gasteiger partial charge < -0.3 is 83.3 Å². The average molecular weight is 1160 g/mol. The number of aliphatic carboxylic acids is 2. The third kappa shape index (κ3) is 12.1. The van der Waals surface area contributed by atoms with Crippen LogP contribution in [-0.4, -0.2) is 138 Å². The van der Waals surface area contributed by atoms with E-state index in [0.717, 1.165) is 78.4 Å². The molecule has 25 heteroatoms. The Morgan fingerprint density at radius 2 is 1.50 bits per heavy atom. The van der Waals surface area contributed by atoms with Crippen molar-refractivity contribution in [3.8, 4) is 17.2 Å².